The van der Waals surface area contributed by atoms with Crippen LogP contribution in [0.5, 0.6) is 0 Å². The normalized spacial score (nSPS) is 11.7. The third-order valence-electron chi connectivity index (χ3n) is 4.39. The van der Waals surface area contributed by atoms with E-state index in [1.165, 1.54) is 22.7 Å². The van der Waals surface area contributed by atoms with Crippen LogP contribution in [0.2, 0.25) is 5.02 Å². The molecule has 2 aromatic heterocycles. The second-order valence-corrected chi connectivity index (χ2v) is 10.9. The molecule has 0 spiro atoms. The summed E-state index contributed by atoms with van der Waals surface area (Å²) in [6.07, 6.45) is 0.349. The number of hydrogen-bond acceptors (Lipinski definition) is 7. The average molecular weight is 493 g/mol. The number of thiophene rings is 1. The van der Waals surface area contributed by atoms with Crippen molar-refractivity contribution in [2.75, 3.05) is 11.9 Å². The molecule has 0 aliphatic carbocycles. The zero-order chi connectivity index (χ0) is 22.0. The van der Waals surface area contributed by atoms with Crippen molar-refractivity contribution >= 4 is 65.4 Å². The molecule has 1 amide bonds. The lowest BCUT2D eigenvalue weighted by Gasteiger charge is -2.05. The highest BCUT2D eigenvalue weighted by Gasteiger charge is 2.19. The van der Waals surface area contributed by atoms with E-state index >= 15 is 0 Å². The molecule has 7 nitrogen and oxygen atoms in total. The number of fused-ring (bicyclic) bond motifs is 1. The fourth-order valence-electron chi connectivity index (χ4n) is 2.81. The zero-order valence-electron chi connectivity index (χ0n) is 16.3. The molecule has 0 fully saturated rings. The van der Waals surface area contributed by atoms with Gasteiger partial charge in [0.1, 0.15) is 9.88 Å². The predicted molar refractivity (Wildman–Crippen MR) is 125 cm³/mol. The monoisotopic (exact) mass is 492 g/mol. The second kappa shape index (κ2) is 9.01. The molecule has 160 valence electrons. The lowest BCUT2D eigenvalue weighted by atomic mass is 10.2. The van der Waals surface area contributed by atoms with E-state index in [0.29, 0.717) is 26.5 Å². The highest BCUT2D eigenvalue weighted by molar-refractivity contribution is 7.89. The summed E-state index contributed by atoms with van der Waals surface area (Å²) < 4.78 is 28.1. The lowest BCUT2D eigenvalue weighted by Crippen LogP contribution is -2.25. The largest absolute Gasteiger partial charge is 0.296 e. The van der Waals surface area contributed by atoms with Crippen LogP contribution < -0.4 is 10.0 Å². The molecule has 0 unspecified atom stereocenters. The average Bonchev–Trinajstić information content (AvgIpc) is 3.32. The minimum atomic E-state index is -3.59. The van der Waals surface area contributed by atoms with Gasteiger partial charge in [0, 0.05) is 23.1 Å². The van der Waals surface area contributed by atoms with Gasteiger partial charge in [-0.1, -0.05) is 58.8 Å². The van der Waals surface area contributed by atoms with Crippen molar-refractivity contribution in [1.82, 2.24) is 14.9 Å². The summed E-state index contributed by atoms with van der Waals surface area (Å²) >= 11 is 8.84. The summed E-state index contributed by atoms with van der Waals surface area (Å²) in [5.74, 6) is -0.353. The quantitative estimate of drug-likeness (QED) is 0.396. The van der Waals surface area contributed by atoms with Gasteiger partial charge in [0.25, 0.3) is 5.91 Å². The van der Waals surface area contributed by atoms with Gasteiger partial charge in [0.05, 0.1) is 9.92 Å². The molecule has 0 saturated heterocycles. The molecule has 2 N–H and O–H groups in total. The Balaban J connectivity index is 1.36. The molecule has 0 saturated carbocycles. The van der Waals surface area contributed by atoms with Crippen molar-refractivity contribution in [3.63, 3.8) is 0 Å². The van der Waals surface area contributed by atoms with E-state index in [4.69, 9.17) is 11.6 Å². The maximum Gasteiger partial charge on any atom is 0.269 e. The number of rotatable bonds is 7. The van der Waals surface area contributed by atoms with Crippen LogP contribution in [0.25, 0.3) is 10.1 Å². The molecule has 2 heterocycles. The van der Waals surface area contributed by atoms with Crippen LogP contribution >= 0.6 is 34.3 Å². The Morgan fingerprint density at radius 3 is 2.55 bits per heavy atom. The minimum Gasteiger partial charge on any atom is -0.296 e. The SMILES string of the molecule is Cc1ccc(S(=O)(=O)NCCc2nnc(NC(=O)c3sc4ccccc4c3Cl)s2)cc1. The Morgan fingerprint density at radius 1 is 1.06 bits per heavy atom. The van der Waals surface area contributed by atoms with Gasteiger partial charge in [-0.25, -0.2) is 13.1 Å². The van der Waals surface area contributed by atoms with Crippen molar-refractivity contribution < 1.29 is 13.2 Å². The van der Waals surface area contributed by atoms with Crippen molar-refractivity contribution in [1.29, 1.82) is 0 Å². The van der Waals surface area contributed by atoms with Crippen molar-refractivity contribution in [3.05, 3.63) is 69.0 Å². The molecule has 2 aromatic carbocycles. The van der Waals surface area contributed by atoms with Crippen LogP contribution in [0, 0.1) is 6.92 Å². The van der Waals surface area contributed by atoms with Crippen molar-refractivity contribution in [3.8, 4) is 0 Å². The molecule has 0 atom stereocenters. The summed E-state index contributed by atoms with van der Waals surface area (Å²) in [4.78, 5) is 13.2. The third kappa shape index (κ3) is 4.94. The summed E-state index contributed by atoms with van der Waals surface area (Å²) in [7, 11) is -3.59. The molecule has 0 bridgehead atoms. The number of amides is 1. The standard InChI is InChI=1S/C20H17ClN4O3S3/c1-12-6-8-13(9-7-12)31(27,28)22-11-10-16-24-25-20(30-16)23-19(26)18-17(21)14-4-2-3-5-15(14)29-18/h2-9,22H,10-11H2,1H3,(H,23,25,26). The van der Waals surface area contributed by atoms with Crippen molar-refractivity contribution in [2.24, 2.45) is 0 Å². The number of carbonyl (C=O) groups is 1. The van der Waals surface area contributed by atoms with Gasteiger partial charge in [0.2, 0.25) is 15.2 Å². The Bertz CT molecular complexity index is 1350. The number of halogens is 1. The number of sulfonamides is 1. The molecule has 0 radical (unpaired) electrons. The molecule has 0 aliphatic heterocycles. The summed E-state index contributed by atoms with van der Waals surface area (Å²) in [5, 5.41) is 12.9. The van der Waals surface area contributed by atoms with E-state index in [9.17, 15) is 13.2 Å². The van der Waals surface area contributed by atoms with E-state index in [2.05, 4.69) is 20.2 Å². The highest BCUT2D eigenvalue weighted by Crippen LogP contribution is 2.35. The van der Waals surface area contributed by atoms with E-state index in [-0.39, 0.29) is 17.3 Å². The lowest BCUT2D eigenvalue weighted by molar-refractivity contribution is 0.103. The fraction of sp³-hybridized carbons (Fsp3) is 0.150. The van der Waals surface area contributed by atoms with E-state index in [1.807, 2.05) is 31.2 Å². The molecule has 4 aromatic rings. The topological polar surface area (TPSA) is 101 Å². The number of nitrogens with zero attached hydrogens (tertiary/aromatic N) is 2. The molecule has 11 heteroatoms. The number of carbonyl (C=O) groups excluding carboxylic acids is 1. The molecular weight excluding hydrogens is 476 g/mol. The molecule has 31 heavy (non-hydrogen) atoms. The van der Waals surface area contributed by atoms with Crippen LogP contribution in [0.1, 0.15) is 20.2 Å². The summed E-state index contributed by atoms with van der Waals surface area (Å²) in [6, 6.07) is 14.2. The number of anilines is 1. The van der Waals surface area contributed by atoms with E-state index in [1.54, 1.807) is 24.3 Å². The number of nitrogens with one attached hydrogen (secondary N) is 2. The minimum absolute atomic E-state index is 0.168. The second-order valence-electron chi connectivity index (χ2n) is 6.66. The van der Waals surface area contributed by atoms with E-state index in [0.717, 1.165) is 15.6 Å². The third-order valence-corrected chi connectivity index (χ3v) is 8.44. The van der Waals surface area contributed by atoms with Crippen LogP contribution in [0.3, 0.4) is 0 Å². The van der Waals surface area contributed by atoms with Crippen LogP contribution in [-0.4, -0.2) is 31.1 Å². The first-order valence-corrected chi connectivity index (χ1v) is 12.7. The molecule has 0 aliphatic rings. The van der Waals surface area contributed by atoms with Gasteiger partial charge in [-0.05, 0) is 25.1 Å². The maximum absolute atomic E-state index is 12.6. The molecular formula is C20H17ClN4O3S3. The van der Waals surface area contributed by atoms with Gasteiger partial charge in [0.15, 0.2) is 0 Å². The zero-order valence-corrected chi connectivity index (χ0v) is 19.5. The van der Waals surface area contributed by atoms with E-state index < -0.39 is 10.0 Å². The van der Waals surface area contributed by atoms with Gasteiger partial charge in [-0.2, -0.15) is 0 Å². The van der Waals surface area contributed by atoms with Crippen LogP contribution in [-0.2, 0) is 16.4 Å². The first-order chi connectivity index (χ1) is 14.8. The number of aromatic nitrogens is 2. The first kappa shape index (κ1) is 21.8. The van der Waals surface area contributed by atoms with Gasteiger partial charge in [-0.15, -0.1) is 21.5 Å². The Hall–Kier alpha value is -2.37. The first-order valence-electron chi connectivity index (χ1n) is 9.20. The van der Waals surface area contributed by atoms with Crippen LogP contribution in [0.4, 0.5) is 5.13 Å². The van der Waals surface area contributed by atoms with Gasteiger partial charge < -0.3 is 0 Å². The fourth-order valence-corrected chi connectivity index (χ4v) is 5.99. The highest BCUT2D eigenvalue weighted by atomic mass is 35.5. The number of benzene rings is 2. The van der Waals surface area contributed by atoms with Crippen LogP contribution in [0.15, 0.2) is 53.4 Å². The smallest absolute Gasteiger partial charge is 0.269 e. The summed E-state index contributed by atoms with van der Waals surface area (Å²) in [5.41, 5.74) is 0.985. The Labute approximate surface area is 192 Å². The van der Waals surface area contributed by atoms with Gasteiger partial charge in [-0.3, -0.25) is 10.1 Å². The van der Waals surface area contributed by atoms with Gasteiger partial charge >= 0.3 is 0 Å². The Kier molecular flexibility index (Phi) is 6.35. The number of hydrogen-bond donors (Lipinski definition) is 2. The predicted octanol–water partition coefficient (Wildman–Crippen LogP) is 4.49. The maximum atomic E-state index is 12.6. The Morgan fingerprint density at radius 2 is 1.81 bits per heavy atom. The summed E-state index contributed by atoms with van der Waals surface area (Å²) in [6.45, 7) is 2.06. The van der Waals surface area contributed by atoms with Crippen molar-refractivity contribution in [2.45, 2.75) is 18.2 Å². The molecule has 4 rings (SSSR count). The number of aryl methyl sites for hydroxylation is 1.